The van der Waals surface area contributed by atoms with E-state index in [0.717, 1.165) is 0 Å². The predicted molar refractivity (Wildman–Crippen MR) is 87.6 cm³/mol. The number of nitrogen functional groups attached to an aromatic ring is 1. The van der Waals surface area contributed by atoms with Crippen LogP contribution in [0.1, 0.15) is 6.92 Å². The molecule has 0 saturated heterocycles. The summed E-state index contributed by atoms with van der Waals surface area (Å²) in [6.07, 6.45) is -0.731. The van der Waals surface area contributed by atoms with Crippen LogP contribution in [-0.2, 0) is 4.79 Å². The number of hydrogen-bond acceptors (Lipinski definition) is 4. The highest BCUT2D eigenvalue weighted by Crippen LogP contribution is 2.28. The van der Waals surface area contributed by atoms with Crippen LogP contribution in [0.25, 0.3) is 0 Å². The first kappa shape index (κ1) is 16.0. The molecule has 0 aromatic heterocycles. The molecule has 0 unspecified atom stereocenters. The van der Waals surface area contributed by atoms with Gasteiger partial charge < -0.3 is 20.5 Å². The van der Waals surface area contributed by atoms with Gasteiger partial charge in [0.15, 0.2) is 6.10 Å². The first-order chi connectivity index (χ1) is 10.5. The predicted octanol–water partition coefficient (Wildman–Crippen LogP) is 3.34. The van der Waals surface area contributed by atoms with Gasteiger partial charge in [0.2, 0.25) is 0 Å². The fourth-order valence-electron chi connectivity index (χ4n) is 1.84. The summed E-state index contributed by atoms with van der Waals surface area (Å²) in [6.45, 7) is 1.64. The van der Waals surface area contributed by atoms with Crippen molar-refractivity contribution in [2.75, 3.05) is 18.2 Å². The molecule has 2 rings (SSSR count). The molecule has 0 fully saturated rings. The third kappa shape index (κ3) is 3.83. The zero-order valence-corrected chi connectivity index (χ0v) is 13.1. The summed E-state index contributed by atoms with van der Waals surface area (Å²) in [4.78, 5) is 12.2. The quantitative estimate of drug-likeness (QED) is 0.829. The SMILES string of the molecule is COc1ccc(N)cc1NC(=O)[C@H](C)Oc1ccccc1Cl. The molecule has 0 bridgehead atoms. The Balaban J connectivity index is 2.09. The lowest BCUT2D eigenvalue weighted by Gasteiger charge is -2.17. The summed E-state index contributed by atoms with van der Waals surface area (Å²) in [5, 5.41) is 3.18. The monoisotopic (exact) mass is 320 g/mol. The van der Waals surface area contributed by atoms with E-state index in [1.807, 2.05) is 0 Å². The van der Waals surface area contributed by atoms with Crippen LogP contribution in [0.4, 0.5) is 11.4 Å². The minimum absolute atomic E-state index is 0.330. The maximum atomic E-state index is 12.2. The maximum Gasteiger partial charge on any atom is 0.265 e. The van der Waals surface area contributed by atoms with Crippen LogP contribution < -0.4 is 20.5 Å². The summed E-state index contributed by atoms with van der Waals surface area (Å²) in [6, 6.07) is 12.0. The molecule has 1 atom stereocenters. The summed E-state index contributed by atoms with van der Waals surface area (Å²) in [7, 11) is 1.52. The Morgan fingerprint density at radius 3 is 2.64 bits per heavy atom. The number of methoxy groups -OCH3 is 1. The number of hydrogen-bond donors (Lipinski definition) is 2. The fraction of sp³-hybridized carbons (Fsp3) is 0.188. The number of benzene rings is 2. The van der Waals surface area contributed by atoms with E-state index in [0.29, 0.717) is 27.9 Å². The van der Waals surface area contributed by atoms with E-state index in [1.165, 1.54) is 7.11 Å². The molecule has 0 saturated carbocycles. The number of halogens is 1. The van der Waals surface area contributed by atoms with E-state index >= 15 is 0 Å². The molecule has 0 aliphatic rings. The number of nitrogens with two attached hydrogens (primary N) is 1. The molecular weight excluding hydrogens is 304 g/mol. The van der Waals surface area contributed by atoms with Gasteiger partial charge in [-0.25, -0.2) is 0 Å². The number of amides is 1. The molecule has 2 aromatic carbocycles. The number of anilines is 2. The van der Waals surface area contributed by atoms with E-state index < -0.39 is 6.10 Å². The van der Waals surface area contributed by atoms with Crippen LogP contribution in [0.2, 0.25) is 5.02 Å². The third-order valence-corrected chi connectivity index (χ3v) is 3.30. The van der Waals surface area contributed by atoms with Crippen molar-refractivity contribution in [3.8, 4) is 11.5 Å². The van der Waals surface area contributed by atoms with Gasteiger partial charge in [-0.2, -0.15) is 0 Å². The number of nitrogens with one attached hydrogen (secondary N) is 1. The van der Waals surface area contributed by atoms with Crippen LogP contribution in [0.15, 0.2) is 42.5 Å². The third-order valence-electron chi connectivity index (χ3n) is 2.99. The van der Waals surface area contributed by atoms with Crippen LogP contribution in [-0.4, -0.2) is 19.1 Å². The highest BCUT2D eigenvalue weighted by atomic mass is 35.5. The van der Waals surface area contributed by atoms with Gasteiger partial charge >= 0.3 is 0 Å². The van der Waals surface area contributed by atoms with Gasteiger partial charge in [0.05, 0.1) is 17.8 Å². The molecule has 1 amide bonds. The standard InChI is InChI=1S/C16H17ClN2O3/c1-10(22-14-6-4-3-5-12(14)17)16(20)19-13-9-11(18)7-8-15(13)21-2/h3-10H,18H2,1-2H3,(H,19,20)/t10-/m0/s1. The molecule has 0 aliphatic heterocycles. The van der Waals surface area contributed by atoms with Crippen LogP contribution in [0.5, 0.6) is 11.5 Å². The van der Waals surface area contributed by atoms with Gasteiger partial charge in [-0.3, -0.25) is 4.79 Å². The minimum Gasteiger partial charge on any atom is -0.495 e. The first-order valence-corrected chi connectivity index (χ1v) is 7.04. The molecule has 0 heterocycles. The number of carbonyl (C=O) groups is 1. The second kappa shape index (κ2) is 7.04. The molecule has 5 nitrogen and oxygen atoms in total. The molecule has 6 heteroatoms. The Hall–Kier alpha value is -2.40. The Labute approximate surface area is 134 Å². The fourth-order valence-corrected chi connectivity index (χ4v) is 2.02. The Morgan fingerprint density at radius 2 is 1.95 bits per heavy atom. The van der Waals surface area contributed by atoms with Gasteiger partial charge in [-0.1, -0.05) is 23.7 Å². The number of rotatable bonds is 5. The molecule has 3 N–H and O–H groups in total. The molecule has 2 aromatic rings. The topological polar surface area (TPSA) is 73.6 Å². The Kier molecular flexibility index (Phi) is 5.12. The zero-order chi connectivity index (χ0) is 16.1. The summed E-state index contributed by atoms with van der Waals surface area (Å²) >= 11 is 6.01. The van der Waals surface area contributed by atoms with Crippen molar-refractivity contribution in [3.05, 3.63) is 47.5 Å². The first-order valence-electron chi connectivity index (χ1n) is 6.67. The lowest BCUT2D eigenvalue weighted by atomic mass is 10.2. The number of ether oxygens (including phenoxy) is 2. The Bertz CT molecular complexity index is 676. The lowest BCUT2D eigenvalue weighted by Crippen LogP contribution is -2.30. The van der Waals surface area contributed by atoms with Crippen molar-refractivity contribution in [2.45, 2.75) is 13.0 Å². The second-order valence-corrected chi connectivity index (χ2v) is 5.05. The molecule has 0 radical (unpaired) electrons. The van der Waals surface area contributed by atoms with E-state index in [-0.39, 0.29) is 5.91 Å². The van der Waals surface area contributed by atoms with E-state index in [1.54, 1.807) is 49.4 Å². The molecule has 22 heavy (non-hydrogen) atoms. The van der Waals surface area contributed by atoms with Crippen molar-refractivity contribution in [1.29, 1.82) is 0 Å². The van der Waals surface area contributed by atoms with Crippen molar-refractivity contribution in [2.24, 2.45) is 0 Å². The zero-order valence-electron chi connectivity index (χ0n) is 12.3. The van der Waals surface area contributed by atoms with Gasteiger partial charge in [-0.15, -0.1) is 0 Å². The van der Waals surface area contributed by atoms with Crippen molar-refractivity contribution < 1.29 is 14.3 Å². The normalized spacial score (nSPS) is 11.6. The average molecular weight is 321 g/mol. The maximum absolute atomic E-state index is 12.2. The molecule has 116 valence electrons. The van der Waals surface area contributed by atoms with Crippen LogP contribution in [0.3, 0.4) is 0 Å². The van der Waals surface area contributed by atoms with Crippen molar-refractivity contribution in [1.82, 2.24) is 0 Å². The minimum atomic E-state index is -0.731. The summed E-state index contributed by atoms with van der Waals surface area (Å²) in [5.74, 6) is 0.641. The van der Waals surface area contributed by atoms with E-state index in [4.69, 9.17) is 26.8 Å². The molecule has 0 spiro atoms. The van der Waals surface area contributed by atoms with Gasteiger partial charge in [0.1, 0.15) is 11.5 Å². The number of carbonyl (C=O) groups excluding carboxylic acids is 1. The second-order valence-electron chi connectivity index (χ2n) is 4.64. The van der Waals surface area contributed by atoms with Gasteiger partial charge in [0, 0.05) is 5.69 Å². The largest absolute Gasteiger partial charge is 0.495 e. The summed E-state index contributed by atoms with van der Waals surface area (Å²) in [5.41, 5.74) is 6.73. The van der Waals surface area contributed by atoms with Gasteiger partial charge in [-0.05, 0) is 37.3 Å². The average Bonchev–Trinajstić information content (AvgIpc) is 2.49. The molecule has 0 aliphatic carbocycles. The van der Waals surface area contributed by atoms with Crippen molar-refractivity contribution >= 4 is 28.9 Å². The lowest BCUT2D eigenvalue weighted by molar-refractivity contribution is -0.122. The number of para-hydroxylation sites is 1. The summed E-state index contributed by atoms with van der Waals surface area (Å²) < 4.78 is 10.8. The smallest absolute Gasteiger partial charge is 0.265 e. The van der Waals surface area contributed by atoms with Crippen LogP contribution in [0, 0.1) is 0 Å². The van der Waals surface area contributed by atoms with E-state index in [9.17, 15) is 4.79 Å². The van der Waals surface area contributed by atoms with Crippen molar-refractivity contribution in [3.63, 3.8) is 0 Å². The van der Waals surface area contributed by atoms with E-state index in [2.05, 4.69) is 5.32 Å². The van der Waals surface area contributed by atoms with Crippen LogP contribution >= 0.6 is 11.6 Å². The Morgan fingerprint density at radius 1 is 1.23 bits per heavy atom. The highest BCUT2D eigenvalue weighted by molar-refractivity contribution is 6.32. The van der Waals surface area contributed by atoms with Gasteiger partial charge in [0.25, 0.3) is 5.91 Å². The molecular formula is C16H17ClN2O3. The highest BCUT2D eigenvalue weighted by Gasteiger charge is 2.17.